The molecular weight excluding hydrogens is 120 g/mol. The van der Waals surface area contributed by atoms with Crippen molar-refractivity contribution in [2.24, 2.45) is 0 Å². The van der Waals surface area contributed by atoms with Crippen molar-refractivity contribution in [3.63, 3.8) is 0 Å². The molecule has 0 aliphatic heterocycles. The first-order valence-electron chi connectivity index (χ1n) is 3.96. The molecule has 0 aromatic heterocycles. The Balaban J connectivity index is 3.98. The Morgan fingerprint density at radius 2 is 1.90 bits per heavy atom. The third-order valence-electron chi connectivity index (χ3n) is 1.45. The van der Waals surface area contributed by atoms with Crippen LogP contribution in [0.3, 0.4) is 0 Å². The Kier molecular flexibility index (Phi) is 5.00. The molecule has 0 nitrogen and oxygen atoms in total. The summed E-state index contributed by atoms with van der Waals surface area (Å²) < 4.78 is 0. The van der Waals surface area contributed by atoms with E-state index in [-0.39, 0.29) is 0 Å². The van der Waals surface area contributed by atoms with E-state index >= 15 is 0 Å². The average Bonchev–Trinajstić information content (AvgIpc) is 1.88. The Bertz CT molecular complexity index is 138. The van der Waals surface area contributed by atoms with Gasteiger partial charge in [-0.25, -0.2) is 0 Å². The molecule has 0 saturated carbocycles. The van der Waals surface area contributed by atoms with Crippen LogP contribution in [-0.2, 0) is 0 Å². The van der Waals surface area contributed by atoms with Gasteiger partial charge in [-0.1, -0.05) is 25.5 Å². The summed E-state index contributed by atoms with van der Waals surface area (Å²) in [6.45, 7) is 8.52. The molecule has 0 amide bonds. The summed E-state index contributed by atoms with van der Waals surface area (Å²) in [6.07, 6.45) is 7.71. The largest absolute Gasteiger partial charge is 0.0813 e. The van der Waals surface area contributed by atoms with E-state index in [1.54, 1.807) is 0 Å². The molecule has 0 aromatic rings. The van der Waals surface area contributed by atoms with Gasteiger partial charge in [-0.15, -0.1) is 0 Å². The highest BCUT2D eigenvalue weighted by Crippen LogP contribution is 2.03. The van der Waals surface area contributed by atoms with E-state index in [2.05, 4.69) is 39.8 Å². The zero-order valence-electron chi connectivity index (χ0n) is 7.49. The van der Waals surface area contributed by atoms with Gasteiger partial charge in [0.25, 0.3) is 0 Å². The first-order valence-corrected chi connectivity index (χ1v) is 3.96. The first kappa shape index (κ1) is 9.48. The van der Waals surface area contributed by atoms with Gasteiger partial charge < -0.3 is 0 Å². The van der Waals surface area contributed by atoms with Crippen LogP contribution < -0.4 is 0 Å². The van der Waals surface area contributed by atoms with Crippen LogP contribution in [0.2, 0.25) is 0 Å². The normalized spacial score (nSPS) is 14.0. The molecule has 57 valence electrons. The summed E-state index contributed by atoms with van der Waals surface area (Å²) >= 11 is 0. The van der Waals surface area contributed by atoms with Gasteiger partial charge in [0.05, 0.1) is 0 Å². The van der Waals surface area contributed by atoms with Crippen molar-refractivity contribution in [3.8, 4) is 0 Å². The molecule has 0 aliphatic carbocycles. The number of hydrogen-bond donors (Lipinski definition) is 0. The van der Waals surface area contributed by atoms with Crippen molar-refractivity contribution in [2.45, 2.75) is 40.5 Å². The first-order chi connectivity index (χ1) is 4.70. The van der Waals surface area contributed by atoms with Gasteiger partial charge in [-0.05, 0) is 38.3 Å². The highest BCUT2D eigenvalue weighted by molar-refractivity contribution is 5.13. The van der Waals surface area contributed by atoms with Crippen LogP contribution in [0.5, 0.6) is 0 Å². The van der Waals surface area contributed by atoms with Gasteiger partial charge in [0, 0.05) is 0 Å². The van der Waals surface area contributed by atoms with Crippen molar-refractivity contribution < 1.29 is 0 Å². The number of allylic oxidation sites excluding steroid dienone is 4. The van der Waals surface area contributed by atoms with Crippen LogP contribution >= 0.6 is 0 Å². The van der Waals surface area contributed by atoms with E-state index in [0.717, 1.165) is 12.8 Å². The Labute approximate surface area is 64.6 Å². The molecule has 0 bridgehead atoms. The quantitative estimate of drug-likeness (QED) is 0.522. The van der Waals surface area contributed by atoms with Crippen molar-refractivity contribution >= 4 is 0 Å². The fourth-order valence-corrected chi connectivity index (χ4v) is 0.782. The van der Waals surface area contributed by atoms with E-state index < -0.39 is 0 Å². The third kappa shape index (κ3) is 4.37. The summed E-state index contributed by atoms with van der Waals surface area (Å²) in [5.74, 6) is 0. The van der Waals surface area contributed by atoms with Gasteiger partial charge >= 0.3 is 0 Å². The summed E-state index contributed by atoms with van der Waals surface area (Å²) in [4.78, 5) is 0. The van der Waals surface area contributed by atoms with Gasteiger partial charge in [-0.3, -0.25) is 0 Å². The molecule has 0 N–H and O–H groups in total. The fourth-order valence-electron chi connectivity index (χ4n) is 0.782. The van der Waals surface area contributed by atoms with Gasteiger partial charge in [-0.2, -0.15) is 0 Å². The molecule has 0 heterocycles. The molecule has 0 atom stereocenters. The lowest BCUT2D eigenvalue weighted by molar-refractivity contribution is 1.08. The lowest BCUT2D eigenvalue weighted by Gasteiger charge is -1.93. The summed E-state index contributed by atoms with van der Waals surface area (Å²) in [7, 11) is 0. The molecule has 0 heteroatoms. The zero-order chi connectivity index (χ0) is 7.98. The molecule has 0 spiro atoms. The smallest absolute Gasteiger partial charge is 0.0167 e. The number of rotatable bonds is 3. The second kappa shape index (κ2) is 5.28. The minimum absolute atomic E-state index is 1.11. The Morgan fingerprint density at radius 1 is 1.30 bits per heavy atom. The standard InChI is InChI=1S/C10H17/c1-5-7-10(4)8-9(3)6-2/h7H,5-6H2,1-4H3. The molecule has 0 unspecified atom stereocenters. The second-order valence-electron chi connectivity index (χ2n) is 2.55. The van der Waals surface area contributed by atoms with E-state index in [9.17, 15) is 0 Å². The van der Waals surface area contributed by atoms with Crippen LogP contribution in [0.1, 0.15) is 40.5 Å². The summed E-state index contributed by atoms with van der Waals surface area (Å²) in [5.41, 5.74) is 2.60. The summed E-state index contributed by atoms with van der Waals surface area (Å²) in [5, 5.41) is 0. The van der Waals surface area contributed by atoms with E-state index in [1.165, 1.54) is 11.1 Å². The van der Waals surface area contributed by atoms with Crippen molar-refractivity contribution in [1.29, 1.82) is 0 Å². The maximum absolute atomic E-state index is 3.31. The average molecular weight is 137 g/mol. The maximum atomic E-state index is 3.31. The highest BCUT2D eigenvalue weighted by atomic mass is 13.9. The van der Waals surface area contributed by atoms with E-state index in [4.69, 9.17) is 0 Å². The predicted molar refractivity (Wildman–Crippen MR) is 46.8 cm³/mol. The molecule has 0 aromatic carbocycles. The number of hydrogen-bond acceptors (Lipinski definition) is 0. The van der Waals surface area contributed by atoms with Crippen molar-refractivity contribution in [2.75, 3.05) is 0 Å². The molecular formula is C10H17. The predicted octanol–water partition coefficient (Wildman–Crippen LogP) is 3.50. The van der Waals surface area contributed by atoms with Crippen LogP contribution in [0.4, 0.5) is 0 Å². The monoisotopic (exact) mass is 137 g/mol. The SMILES string of the molecule is CCC=C(C)/[C]=C(\C)CC. The lowest BCUT2D eigenvalue weighted by atomic mass is 10.1. The van der Waals surface area contributed by atoms with Crippen molar-refractivity contribution in [1.82, 2.24) is 0 Å². The lowest BCUT2D eigenvalue weighted by Crippen LogP contribution is -1.75. The van der Waals surface area contributed by atoms with Crippen LogP contribution in [0, 0.1) is 6.08 Å². The molecule has 0 aliphatic rings. The topological polar surface area (TPSA) is 0 Å². The second-order valence-corrected chi connectivity index (χ2v) is 2.55. The maximum Gasteiger partial charge on any atom is -0.0167 e. The van der Waals surface area contributed by atoms with Crippen LogP contribution in [-0.4, -0.2) is 0 Å². The Hall–Kier alpha value is -0.520. The van der Waals surface area contributed by atoms with E-state index in [0.29, 0.717) is 0 Å². The zero-order valence-corrected chi connectivity index (χ0v) is 7.49. The summed E-state index contributed by atoms with van der Waals surface area (Å²) in [6, 6.07) is 0. The molecule has 10 heavy (non-hydrogen) atoms. The fraction of sp³-hybridized carbons (Fsp3) is 0.600. The minimum Gasteiger partial charge on any atom is -0.0813 e. The van der Waals surface area contributed by atoms with Gasteiger partial charge in [0.15, 0.2) is 0 Å². The molecule has 0 fully saturated rings. The van der Waals surface area contributed by atoms with Crippen molar-refractivity contribution in [3.05, 3.63) is 23.3 Å². The van der Waals surface area contributed by atoms with E-state index in [1.807, 2.05) is 0 Å². The molecule has 0 saturated heterocycles. The minimum atomic E-state index is 1.11. The molecule has 1 radical (unpaired) electrons. The van der Waals surface area contributed by atoms with Crippen LogP contribution in [0.25, 0.3) is 0 Å². The van der Waals surface area contributed by atoms with Gasteiger partial charge in [0.1, 0.15) is 0 Å². The Morgan fingerprint density at radius 3 is 2.30 bits per heavy atom. The highest BCUT2D eigenvalue weighted by Gasteiger charge is 1.85. The molecule has 0 rings (SSSR count). The van der Waals surface area contributed by atoms with Crippen LogP contribution in [0.15, 0.2) is 17.2 Å². The van der Waals surface area contributed by atoms with Gasteiger partial charge in [0.2, 0.25) is 0 Å². The third-order valence-corrected chi connectivity index (χ3v) is 1.45.